The second-order valence-corrected chi connectivity index (χ2v) is 18.1. The molecule has 0 radical (unpaired) electrons. The lowest BCUT2D eigenvalue weighted by Crippen LogP contribution is -2.31. The number of fused-ring (bicyclic) bond motifs is 6. The highest BCUT2D eigenvalue weighted by atomic mass is 15.0. The predicted octanol–water partition coefficient (Wildman–Crippen LogP) is 17.3. The average molecular weight is 879 g/mol. The second-order valence-electron chi connectivity index (χ2n) is 18.1. The number of benzene rings is 11. The van der Waals surface area contributed by atoms with Crippen molar-refractivity contribution in [1.82, 2.24) is 9.13 Å². The molecule has 0 aliphatic rings. The van der Waals surface area contributed by atoms with Crippen LogP contribution in [-0.2, 0) is 5.41 Å². The minimum absolute atomic E-state index is 0.543. The summed E-state index contributed by atoms with van der Waals surface area (Å²) < 4.78 is 4.84. The van der Waals surface area contributed by atoms with E-state index in [0.29, 0.717) is 0 Å². The fraction of sp³-hybridized carbons (Fsp3) is 0.0149. The average Bonchev–Trinajstić information content (AvgIpc) is 3.95. The fourth-order valence-corrected chi connectivity index (χ4v) is 11.1. The molecule has 0 atom stereocenters. The Balaban J connectivity index is 0.873. The fourth-order valence-electron chi connectivity index (χ4n) is 11.1. The van der Waals surface area contributed by atoms with Crippen LogP contribution in [0.3, 0.4) is 0 Å². The molecule has 2 aromatic heterocycles. The molecule has 0 spiro atoms. The molecular formula is C67H46N2. The van der Waals surface area contributed by atoms with Crippen molar-refractivity contribution in [3.8, 4) is 44.8 Å². The van der Waals surface area contributed by atoms with Gasteiger partial charge in [0.1, 0.15) is 0 Å². The van der Waals surface area contributed by atoms with Crippen molar-refractivity contribution in [3.05, 3.63) is 301 Å². The Morgan fingerprint density at radius 1 is 0.203 bits per heavy atom. The summed E-state index contributed by atoms with van der Waals surface area (Å²) in [5, 5.41) is 4.96. The van der Waals surface area contributed by atoms with Crippen molar-refractivity contribution >= 4 is 43.6 Å². The molecule has 0 aliphatic heterocycles. The third kappa shape index (κ3) is 6.72. The highest BCUT2D eigenvalue weighted by Gasteiger charge is 2.38. The maximum atomic E-state index is 2.44. The van der Waals surface area contributed by atoms with Crippen LogP contribution in [0.2, 0.25) is 0 Å². The Labute approximate surface area is 402 Å². The Hall–Kier alpha value is -8.98. The molecule has 2 heteroatoms. The summed E-state index contributed by atoms with van der Waals surface area (Å²) in [5.41, 5.74) is 18.6. The number of rotatable bonds is 9. The van der Waals surface area contributed by atoms with Crippen LogP contribution < -0.4 is 0 Å². The highest BCUT2D eigenvalue weighted by Crippen LogP contribution is 2.46. The topological polar surface area (TPSA) is 9.86 Å². The van der Waals surface area contributed by atoms with Gasteiger partial charge in [-0.2, -0.15) is 0 Å². The number of hydrogen-bond acceptors (Lipinski definition) is 0. The zero-order valence-electron chi connectivity index (χ0n) is 38.0. The number of nitrogens with zero attached hydrogens (tertiary/aromatic N) is 2. The maximum absolute atomic E-state index is 2.44. The van der Waals surface area contributed by atoms with Gasteiger partial charge in [-0.25, -0.2) is 0 Å². The molecule has 324 valence electrons. The third-order valence-corrected chi connectivity index (χ3v) is 14.3. The van der Waals surface area contributed by atoms with Gasteiger partial charge < -0.3 is 9.13 Å². The van der Waals surface area contributed by atoms with E-state index >= 15 is 0 Å². The van der Waals surface area contributed by atoms with Gasteiger partial charge in [-0.1, -0.05) is 218 Å². The lowest BCUT2D eigenvalue weighted by Gasteiger charge is -2.37. The SMILES string of the molecule is c1ccc(-c2ccc(-n3c4ccccc4c4cc(-c5ccc(-c6ccc7c(c6)c6ccccc6n7-c6cccc(C(c7ccccc7)(c7ccccc7)c7ccccc7)c6)cc5)ccc43)cc2)cc1. The summed E-state index contributed by atoms with van der Waals surface area (Å²) in [7, 11) is 0. The second kappa shape index (κ2) is 16.7. The molecule has 2 nitrogen and oxygen atoms in total. The van der Waals surface area contributed by atoms with E-state index in [1.165, 1.54) is 99.2 Å². The normalized spacial score (nSPS) is 11.8. The van der Waals surface area contributed by atoms with Crippen LogP contribution in [0.5, 0.6) is 0 Å². The van der Waals surface area contributed by atoms with E-state index in [2.05, 4.69) is 288 Å². The van der Waals surface area contributed by atoms with E-state index in [1.54, 1.807) is 0 Å². The highest BCUT2D eigenvalue weighted by molar-refractivity contribution is 6.11. The van der Waals surface area contributed by atoms with Crippen LogP contribution >= 0.6 is 0 Å². The van der Waals surface area contributed by atoms with E-state index in [-0.39, 0.29) is 0 Å². The molecule has 0 fully saturated rings. The van der Waals surface area contributed by atoms with Crippen LogP contribution in [0.15, 0.2) is 279 Å². The Morgan fingerprint density at radius 2 is 0.551 bits per heavy atom. The van der Waals surface area contributed by atoms with Crippen molar-refractivity contribution in [1.29, 1.82) is 0 Å². The molecule has 0 N–H and O–H groups in total. The van der Waals surface area contributed by atoms with Crippen molar-refractivity contribution < 1.29 is 0 Å². The third-order valence-electron chi connectivity index (χ3n) is 14.3. The summed E-state index contributed by atoms with van der Waals surface area (Å²) in [5.74, 6) is 0. The Bertz CT molecular complexity index is 3860. The molecule has 0 aliphatic carbocycles. The molecule has 69 heavy (non-hydrogen) atoms. The van der Waals surface area contributed by atoms with Gasteiger partial charge in [-0.3, -0.25) is 0 Å². The van der Waals surface area contributed by atoms with Crippen LogP contribution in [0.1, 0.15) is 22.3 Å². The summed E-state index contributed by atoms with van der Waals surface area (Å²) in [4.78, 5) is 0. The first kappa shape index (κ1) is 40.3. The van der Waals surface area contributed by atoms with E-state index in [9.17, 15) is 0 Å². The summed E-state index contributed by atoms with van der Waals surface area (Å²) in [6.45, 7) is 0. The number of para-hydroxylation sites is 2. The molecule has 0 saturated carbocycles. The molecule has 2 heterocycles. The molecule has 13 aromatic rings. The zero-order chi connectivity index (χ0) is 45.7. The van der Waals surface area contributed by atoms with Gasteiger partial charge in [0.15, 0.2) is 0 Å². The van der Waals surface area contributed by atoms with Crippen molar-refractivity contribution in [2.45, 2.75) is 5.41 Å². The molecule has 0 saturated heterocycles. The zero-order valence-corrected chi connectivity index (χ0v) is 38.0. The van der Waals surface area contributed by atoms with Crippen LogP contribution in [0.4, 0.5) is 0 Å². The first-order valence-electron chi connectivity index (χ1n) is 23.8. The van der Waals surface area contributed by atoms with Crippen molar-refractivity contribution in [3.63, 3.8) is 0 Å². The molecular weight excluding hydrogens is 833 g/mol. The standard InChI is InChI=1S/C67H46N2/c1-5-18-47(19-6-1)48-36-40-57(41-37-48)68-63-30-15-13-28-59(63)61-44-51(38-42-65(61)68)49-32-34-50(35-33-49)52-39-43-66-62(45-52)60-29-14-16-31-64(60)69(66)58-27-17-26-56(46-58)67(53-20-7-2-8-21-53,54-22-9-3-10-23-54)55-24-11-4-12-25-55/h1-46H. The molecule has 11 aromatic carbocycles. The monoisotopic (exact) mass is 878 g/mol. The van der Waals surface area contributed by atoms with Crippen LogP contribution in [-0.4, -0.2) is 9.13 Å². The molecule has 0 unspecified atom stereocenters. The first-order chi connectivity index (χ1) is 34.2. The van der Waals surface area contributed by atoms with Crippen molar-refractivity contribution in [2.75, 3.05) is 0 Å². The van der Waals surface area contributed by atoms with Gasteiger partial charge >= 0.3 is 0 Å². The first-order valence-corrected chi connectivity index (χ1v) is 23.8. The number of hydrogen-bond donors (Lipinski definition) is 0. The smallest absolute Gasteiger partial charge is 0.0702 e. The van der Waals surface area contributed by atoms with Crippen LogP contribution in [0.25, 0.3) is 88.4 Å². The molecule has 0 bridgehead atoms. The van der Waals surface area contributed by atoms with Gasteiger partial charge in [0, 0.05) is 32.9 Å². The lowest BCUT2D eigenvalue weighted by molar-refractivity contribution is 0.744. The summed E-state index contributed by atoms with van der Waals surface area (Å²) in [6, 6.07) is 102. The molecule has 0 amide bonds. The minimum atomic E-state index is -0.543. The van der Waals surface area contributed by atoms with Gasteiger partial charge in [-0.15, -0.1) is 0 Å². The van der Waals surface area contributed by atoms with Crippen molar-refractivity contribution in [2.24, 2.45) is 0 Å². The van der Waals surface area contributed by atoms with E-state index in [4.69, 9.17) is 0 Å². The van der Waals surface area contributed by atoms with Crippen LogP contribution in [0, 0.1) is 0 Å². The predicted molar refractivity (Wildman–Crippen MR) is 290 cm³/mol. The molecule has 13 rings (SSSR count). The summed E-state index contributed by atoms with van der Waals surface area (Å²) in [6.07, 6.45) is 0. The Morgan fingerprint density at radius 3 is 1.04 bits per heavy atom. The maximum Gasteiger partial charge on any atom is 0.0702 e. The quantitative estimate of drug-likeness (QED) is 0.128. The van der Waals surface area contributed by atoms with Gasteiger partial charge in [0.25, 0.3) is 0 Å². The van der Waals surface area contributed by atoms with E-state index < -0.39 is 5.41 Å². The van der Waals surface area contributed by atoms with E-state index in [1.807, 2.05) is 0 Å². The number of aromatic nitrogens is 2. The van der Waals surface area contributed by atoms with Gasteiger partial charge in [-0.05, 0) is 116 Å². The van der Waals surface area contributed by atoms with Gasteiger partial charge in [0.2, 0.25) is 0 Å². The summed E-state index contributed by atoms with van der Waals surface area (Å²) >= 11 is 0. The lowest BCUT2D eigenvalue weighted by atomic mass is 9.65. The van der Waals surface area contributed by atoms with Gasteiger partial charge in [0.05, 0.1) is 27.5 Å². The minimum Gasteiger partial charge on any atom is -0.309 e. The Kier molecular flexibility index (Phi) is 9.77. The van der Waals surface area contributed by atoms with E-state index in [0.717, 1.165) is 11.4 Å². The largest absolute Gasteiger partial charge is 0.309 e.